The summed E-state index contributed by atoms with van der Waals surface area (Å²) in [7, 11) is 0. The quantitative estimate of drug-likeness (QED) is 0.0277. The lowest BCUT2D eigenvalue weighted by Gasteiger charge is -2.51. The summed E-state index contributed by atoms with van der Waals surface area (Å²) < 4.78 is 60.0. The molecule has 51 heteroatoms. The van der Waals surface area contributed by atoms with Gasteiger partial charge in [0.05, 0.1) is 64.4 Å². The molecule has 26 N–H and O–H groups in total. The van der Waals surface area contributed by atoms with Crippen molar-refractivity contribution in [1.82, 2.24) is 57.2 Å². The van der Waals surface area contributed by atoms with Gasteiger partial charge in [0.25, 0.3) is 5.79 Å². The zero-order valence-electron chi connectivity index (χ0n) is 67.5. The van der Waals surface area contributed by atoms with Crippen LogP contribution in [0, 0.1) is 0 Å². The SMILES string of the molecule is CC(=O)N[C@@H]1C(O[C@@H]2OC(CO)[C@H](O)C(O[C@]3(C(=O)O)C[C@H](O)[C@@H](NC(C)=O)C([C@H](O)[C@H](O)CO)O3)[C@H]2O)[C@@H](O)C(CO[C@@H]2OC(CO)[C@H](O[C@@H]3OC(CO)[C@H](O)C(O)[C@H]3O)C(O)[C@H]2NC(C)=O)O[C@H]1OC(C)C(NC(=O)C(CO)NC(=O)CNC(=O)C1CCCN1C(C)=O)C(=O)NC(C)C(=O)N1CCCC1C(=O)N1CCCC1C(=O)NC(C)C(N)=O. The number of ether oxygens (including phenoxy) is 10. The molecule has 692 valence electrons. The Morgan fingerprint density at radius 2 is 1.06 bits per heavy atom. The lowest BCUT2D eigenvalue weighted by Crippen LogP contribution is -2.71. The maximum Gasteiger partial charge on any atom is 0.364 e. The minimum absolute atomic E-state index is 0.0526. The van der Waals surface area contributed by atoms with Gasteiger partial charge in [0.15, 0.2) is 25.2 Å². The molecule has 8 heterocycles. The van der Waals surface area contributed by atoms with Crippen LogP contribution in [0.2, 0.25) is 0 Å². The molecular weight excluding hydrogens is 1640 g/mol. The summed E-state index contributed by atoms with van der Waals surface area (Å²) in [5.74, 6) is -16.8. The maximum absolute atomic E-state index is 15.3. The van der Waals surface area contributed by atoms with Crippen LogP contribution in [-0.4, -0.2) is 446 Å². The highest BCUT2D eigenvalue weighted by molar-refractivity contribution is 5.98. The molecule has 0 aromatic carbocycles. The molecule has 0 aromatic heterocycles. The Hall–Kier alpha value is -7.89. The predicted octanol–water partition coefficient (Wildman–Crippen LogP) is -16.3. The number of primary amides is 1. The monoisotopic (exact) mass is 1760 g/mol. The zero-order valence-corrected chi connectivity index (χ0v) is 67.5. The van der Waals surface area contributed by atoms with Crippen LogP contribution in [0.4, 0.5) is 0 Å². The number of nitrogens with zero attached hydrogens (tertiary/aromatic N) is 3. The number of carbonyl (C=O) groups excluding carboxylic acids is 12. The van der Waals surface area contributed by atoms with Crippen LogP contribution in [0.5, 0.6) is 0 Å². The standard InChI is InChI=1S/C71H114N12O39/c1-25(59(72)104)74-62(107)34-12-9-15-82(34)65(110)35-13-10-16-83(35)64(109)26(2)75-63(108)43(80-60(105)32(19-84)79-42(95)18-73-61(106)33-11-8-14-81(33)31(7)92)27(3)114-67-46(78-30(6)91)56(50(99)41(118-67)24-113-66-45(77-29(5)90)51(100)55(40(23-88)117-66)119-68-53(102)52(101)48(97)38(21-86)115-68)120-69-54(103)58(49(98)39(22-87)116-69)122-71(70(111)112)17-36(93)44(76-28(4)89)57(121-71)47(96)37(94)20-85/h25-27,32-41,43-58,66-69,84-88,93-94,96-103H,8-24H2,1-7H3,(H2,72,104)(H,73,106)(H,74,107)(H,75,108)(H,76,89)(H,77,90)(H,78,91)(H,79,95)(H,80,105)(H,111,112)/t25?,26?,27?,32?,33?,34?,35?,36-,37+,38?,39?,40?,41?,43?,44+,45+,46+,47+,48-,49-,50-,51?,52?,53+,54+,55-,56?,57?,58?,66+,67+,68-,69-,71-/m0/s1. The molecule has 8 fully saturated rings. The van der Waals surface area contributed by atoms with E-state index in [9.17, 15) is 139 Å². The van der Waals surface area contributed by atoms with Gasteiger partial charge in [-0.15, -0.1) is 0 Å². The van der Waals surface area contributed by atoms with Crippen LogP contribution < -0.4 is 48.3 Å². The number of rotatable bonds is 36. The Labute approximate surface area is 695 Å². The molecule has 8 aliphatic rings. The molecule has 8 rings (SSSR count). The van der Waals surface area contributed by atoms with Gasteiger partial charge in [0, 0.05) is 53.8 Å². The first kappa shape index (κ1) is 99.5. The Morgan fingerprint density at radius 3 is 1.63 bits per heavy atom. The van der Waals surface area contributed by atoms with Gasteiger partial charge in [-0.1, -0.05) is 0 Å². The van der Waals surface area contributed by atoms with Gasteiger partial charge in [-0.2, -0.15) is 0 Å². The third-order valence-electron chi connectivity index (χ3n) is 22.2. The fourth-order valence-corrected chi connectivity index (χ4v) is 15.8. The normalized spacial score (nSPS) is 35.9. The lowest BCUT2D eigenvalue weighted by atomic mass is 9.88. The number of nitrogens with two attached hydrogens (primary N) is 1. The predicted molar refractivity (Wildman–Crippen MR) is 395 cm³/mol. The zero-order chi connectivity index (χ0) is 90.5. The number of carbonyl (C=O) groups is 13. The van der Waals surface area contributed by atoms with Crippen molar-refractivity contribution in [3.05, 3.63) is 0 Å². The Balaban J connectivity index is 1.17. The number of hydrogen-bond acceptors (Lipinski definition) is 38. The number of aliphatic hydroxyl groups is 15. The van der Waals surface area contributed by atoms with E-state index < -0.39 is 337 Å². The number of nitrogens with one attached hydrogen (secondary N) is 8. The van der Waals surface area contributed by atoms with Crippen molar-refractivity contribution >= 4 is 76.9 Å². The number of likely N-dealkylation sites (tertiary alicyclic amines) is 3. The van der Waals surface area contributed by atoms with E-state index in [2.05, 4.69) is 42.5 Å². The van der Waals surface area contributed by atoms with E-state index in [1.54, 1.807) is 0 Å². The summed E-state index contributed by atoms with van der Waals surface area (Å²) in [6.07, 6.45) is -49.7. The number of aliphatic carboxylic acids is 1. The molecule has 0 spiro atoms. The summed E-state index contributed by atoms with van der Waals surface area (Å²) in [6, 6.07) is -16.3. The molecule has 0 aromatic rings. The first-order valence-corrected chi connectivity index (χ1v) is 39.6. The van der Waals surface area contributed by atoms with E-state index in [-0.39, 0.29) is 45.3 Å². The number of hydrogen-bond donors (Lipinski definition) is 25. The van der Waals surface area contributed by atoms with Gasteiger partial charge < -0.3 is 192 Å². The molecule has 0 bridgehead atoms. The van der Waals surface area contributed by atoms with Crippen LogP contribution in [-0.2, 0) is 110 Å². The van der Waals surface area contributed by atoms with Crippen molar-refractivity contribution < 1.29 is 191 Å². The minimum atomic E-state index is -3.38. The van der Waals surface area contributed by atoms with Gasteiger partial charge in [-0.25, -0.2) is 4.79 Å². The van der Waals surface area contributed by atoms with Crippen LogP contribution in [0.3, 0.4) is 0 Å². The molecule has 0 radical (unpaired) electrons. The van der Waals surface area contributed by atoms with Gasteiger partial charge in [0.1, 0.15) is 158 Å². The highest BCUT2D eigenvalue weighted by Crippen LogP contribution is 2.40. The molecule has 122 heavy (non-hydrogen) atoms. The van der Waals surface area contributed by atoms with E-state index in [0.717, 1.165) is 32.6 Å². The van der Waals surface area contributed by atoms with Gasteiger partial charge >= 0.3 is 5.97 Å². The Kier molecular flexibility index (Phi) is 35.8. The topological polar surface area (TPSA) is 770 Å². The smallest absolute Gasteiger partial charge is 0.364 e. The largest absolute Gasteiger partial charge is 0.477 e. The van der Waals surface area contributed by atoms with Crippen molar-refractivity contribution in [2.45, 2.75) is 301 Å². The summed E-state index contributed by atoms with van der Waals surface area (Å²) in [5, 5.41) is 196. The minimum Gasteiger partial charge on any atom is -0.477 e. The molecule has 0 saturated carbocycles. The van der Waals surface area contributed by atoms with Crippen molar-refractivity contribution in [1.29, 1.82) is 0 Å². The van der Waals surface area contributed by atoms with Crippen LogP contribution >= 0.6 is 0 Å². The second-order valence-electron chi connectivity index (χ2n) is 31.1. The van der Waals surface area contributed by atoms with Crippen molar-refractivity contribution in [3.63, 3.8) is 0 Å². The third kappa shape index (κ3) is 23.4. The summed E-state index contributed by atoms with van der Waals surface area (Å²) >= 11 is 0. The van der Waals surface area contributed by atoms with Crippen molar-refractivity contribution in [3.8, 4) is 0 Å². The van der Waals surface area contributed by atoms with E-state index >= 15 is 4.79 Å². The second kappa shape index (κ2) is 43.8. The van der Waals surface area contributed by atoms with Gasteiger partial charge in [0.2, 0.25) is 70.9 Å². The average Bonchev–Trinajstić information content (AvgIpc) is 1.18. The summed E-state index contributed by atoms with van der Waals surface area (Å²) in [6.45, 7) is -0.118. The molecule has 8 aliphatic heterocycles. The first-order valence-electron chi connectivity index (χ1n) is 39.6. The third-order valence-corrected chi connectivity index (χ3v) is 22.2. The van der Waals surface area contributed by atoms with Crippen molar-refractivity contribution in [2.24, 2.45) is 5.73 Å². The molecule has 51 nitrogen and oxygen atoms in total. The highest BCUT2D eigenvalue weighted by Gasteiger charge is 2.62. The second-order valence-corrected chi connectivity index (χ2v) is 31.1. The first-order chi connectivity index (χ1) is 57.5. The molecule has 12 amide bonds. The Morgan fingerprint density at radius 1 is 0.525 bits per heavy atom. The van der Waals surface area contributed by atoms with Crippen LogP contribution in [0.1, 0.15) is 93.4 Å². The average molecular weight is 1760 g/mol. The summed E-state index contributed by atoms with van der Waals surface area (Å²) in [5.41, 5.74) is 5.37. The van der Waals surface area contributed by atoms with Crippen molar-refractivity contribution in [2.75, 3.05) is 65.8 Å². The molecule has 17 unspecified atom stereocenters. The number of carboxylic acid groups (broad SMARTS) is 1. The van der Waals surface area contributed by atoms with Gasteiger partial charge in [-0.05, 0) is 59.3 Å². The van der Waals surface area contributed by atoms with E-state index in [1.807, 2.05) is 0 Å². The lowest BCUT2D eigenvalue weighted by molar-refractivity contribution is -0.383. The van der Waals surface area contributed by atoms with Crippen LogP contribution in [0.25, 0.3) is 0 Å². The summed E-state index contributed by atoms with van der Waals surface area (Å²) in [4.78, 5) is 180. The number of aliphatic hydroxyl groups excluding tert-OH is 15. The molecule has 8 saturated heterocycles. The fourth-order valence-electron chi connectivity index (χ4n) is 15.8. The Bertz CT molecular complexity index is 3660. The number of amides is 12. The fraction of sp³-hybridized carbons (Fsp3) is 0.817. The molecule has 0 aliphatic carbocycles. The highest BCUT2D eigenvalue weighted by atomic mass is 16.8. The molecular formula is C71H114N12O39. The van der Waals surface area contributed by atoms with E-state index in [0.29, 0.717) is 12.8 Å². The van der Waals surface area contributed by atoms with Gasteiger partial charge in [-0.3, -0.25) is 57.5 Å². The number of carboxylic acids is 1. The van der Waals surface area contributed by atoms with E-state index in [1.165, 1.54) is 30.6 Å². The maximum atomic E-state index is 15.3. The molecule has 34 atom stereocenters. The van der Waals surface area contributed by atoms with E-state index in [4.69, 9.17) is 53.1 Å². The van der Waals surface area contributed by atoms with Crippen LogP contribution in [0.15, 0.2) is 0 Å².